The molecule has 5 nitrogen and oxygen atoms in total. The van der Waals surface area contributed by atoms with Gasteiger partial charge in [0.15, 0.2) is 5.11 Å². The molecule has 7 heteroatoms. The number of ether oxygens (including phenoxy) is 1. The SMILES string of the molecule is COCCn1c(C)cc([C@@H]2[C@H](c3ccccn3)NC(=S)N2c2ccccc2F)c1C. The van der Waals surface area contributed by atoms with Crippen LogP contribution < -0.4 is 10.2 Å². The van der Waals surface area contributed by atoms with E-state index in [1.165, 1.54) is 6.07 Å². The number of aryl methyl sites for hydroxylation is 1. The van der Waals surface area contributed by atoms with Crippen molar-refractivity contribution >= 4 is 23.0 Å². The zero-order valence-corrected chi connectivity index (χ0v) is 18.1. The standard InChI is InChI=1S/C23H25FN4OS/c1-15-14-17(16(2)27(15)12-13-29-3)22-21(19-9-6-7-11-25-19)26-23(30)28(22)20-10-5-4-8-18(20)24/h4-11,14,21-22H,12-13H2,1-3H3,(H,26,30)/t21-,22+/m0/s1. The van der Waals surface area contributed by atoms with Crippen LogP contribution in [0.25, 0.3) is 0 Å². The van der Waals surface area contributed by atoms with Gasteiger partial charge in [-0.2, -0.15) is 0 Å². The first-order valence-electron chi connectivity index (χ1n) is 9.93. The van der Waals surface area contributed by atoms with Crippen LogP contribution >= 0.6 is 12.2 Å². The van der Waals surface area contributed by atoms with E-state index < -0.39 is 0 Å². The minimum atomic E-state index is -0.304. The summed E-state index contributed by atoms with van der Waals surface area (Å²) in [6.45, 7) is 5.55. The van der Waals surface area contributed by atoms with Gasteiger partial charge in [-0.1, -0.05) is 18.2 Å². The summed E-state index contributed by atoms with van der Waals surface area (Å²) in [6, 6.07) is 14.3. The van der Waals surface area contributed by atoms with Crippen LogP contribution in [-0.2, 0) is 11.3 Å². The van der Waals surface area contributed by atoms with Crippen LogP contribution in [0.5, 0.6) is 0 Å². The molecule has 0 saturated carbocycles. The second-order valence-corrected chi connectivity index (χ2v) is 7.81. The number of pyridine rings is 1. The number of para-hydroxylation sites is 1. The van der Waals surface area contributed by atoms with Crippen molar-refractivity contribution in [2.45, 2.75) is 32.5 Å². The van der Waals surface area contributed by atoms with E-state index in [0.717, 1.165) is 29.2 Å². The van der Waals surface area contributed by atoms with Gasteiger partial charge in [0.25, 0.3) is 0 Å². The first-order valence-corrected chi connectivity index (χ1v) is 10.3. The molecule has 1 aliphatic rings. The zero-order valence-electron chi connectivity index (χ0n) is 17.3. The third-order valence-electron chi connectivity index (χ3n) is 5.66. The van der Waals surface area contributed by atoms with Crippen LogP contribution in [0.3, 0.4) is 0 Å². The van der Waals surface area contributed by atoms with Crippen LogP contribution in [0.4, 0.5) is 10.1 Å². The number of aromatic nitrogens is 2. The van der Waals surface area contributed by atoms with Gasteiger partial charge in [0.05, 0.1) is 30.1 Å². The lowest BCUT2D eigenvalue weighted by molar-refractivity contribution is 0.186. The molecule has 1 fully saturated rings. The Morgan fingerprint density at radius 2 is 1.93 bits per heavy atom. The van der Waals surface area contributed by atoms with Crippen molar-refractivity contribution in [2.75, 3.05) is 18.6 Å². The molecule has 30 heavy (non-hydrogen) atoms. The Bertz CT molecular complexity index is 1050. The number of thiocarbonyl (C=S) groups is 1. The third-order valence-corrected chi connectivity index (χ3v) is 5.98. The summed E-state index contributed by atoms with van der Waals surface area (Å²) < 4.78 is 22.3. The molecule has 156 valence electrons. The van der Waals surface area contributed by atoms with Crippen LogP contribution in [0.2, 0.25) is 0 Å². The fraction of sp³-hybridized carbons (Fsp3) is 0.304. The molecule has 0 radical (unpaired) electrons. The number of methoxy groups -OCH3 is 1. The van der Waals surface area contributed by atoms with Crippen LogP contribution in [0.1, 0.15) is 34.7 Å². The maximum absolute atomic E-state index is 14.8. The molecule has 1 saturated heterocycles. The summed E-state index contributed by atoms with van der Waals surface area (Å²) in [5.41, 5.74) is 4.66. The smallest absolute Gasteiger partial charge is 0.174 e. The molecule has 0 aliphatic carbocycles. The largest absolute Gasteiger partial charge is 0.383 e. The molecule has 3 aromatic rings. The molecule has 3 heterocycles. The Morgan fingerprint density at radius 1 is 1.17 bits per heavy atom. The van der Waals surface area contributed by atoms with Gasteiger partial charge in [0.2, 0.25) is 0 Å². The van der Waals surface area contributed by atoms with Gasteiger partial charge in [0, 0.05) is 31.2 Å². The number of anilines is 1. The fourth-order valence-corrected chi connectivity index (χ4v) is 4.57. The molecule has 0 amide bonds. The second-order valence-electron chi connectivity index (χ2n) is 7.42. The van der Waals surface area contributed by atoms with E-state index in [1.54, 1.807) is 25.4 Å². The highest BCUT2D eigenvalue weighted by Crippen LogP contribution is 2.43. The fourth-order valence-electron chi connectivity index (χ4n) is 4.23. The van der Waals surface area contributed by atoms with Gasteiger partial charge in [0.1, 0.15) is 5.82 Å². The Labute approximate surface area is 181 Å². The zero-order chi connectivity index (χ0) is 21.3. The molecule has 2 aromatic heterocycles. The Kier molecular flexibility index (Phi) is 5.83. The van der Waals surface area contributed by atoms with Gasteiger partial charge < -0.3 is 19.5 Å². The molecule has 2 atom stereocenters. The predicted molar refractivity (Wildman–Crippen MR) is 120 cm³/mol. The minimum Gasteiger partial charge on any atom is -0.383 e. The molecule has 0 spiro atoms. The summed E-state index contributed by atoms with van der Waals surface area (Å²) >= 11 is 5.68. The first-order chi connectivity index (χ1) is 14.5. The molecule has 1 aromatic carbocycles. The Hall–Kier alpha value is -2.77. The van der Waals surface area contributed by atoms with E-state index in [4.69, 9.17) is 17.0 Å². The lowest BCUT2D eigenvalue weighted by Crippen LogP contribution is -2.30. The predicted octanol–water partition coefficient (Wildman–Crippen LogP) is 4.46. The van der Waals surface area contributed by atoms with Crippen molar-refractivity contribution in [1.29, 1.82) is 0 Å². The van der Waals surface area contributed by atoms with Gasteiger partial charge >= 0.3 is 0 Å². The third kappa shape index (κ3) is 3.59. The monoisotopic (exact) mass is 424 g/mol. The van der Waals surface area contributed by atoms with Gasteiger partial charge in [-0.25, -0.2) is 4.39 Å². The van der Waals surface area contributed by atoms with Gasteiger partial charge in [-0.15, -0.1) is 0 Å². The summed E-state index contributed by atoms with van der Waals surface area (Å²) in [5.74, 6) is -0.304. The van der Waals surface area contributed by atoms with Crippen LogP contribution in [-0.4, -0.2) is 28.4 Å². The molecule has 4 rings (SSSR count). The number of rotatable bonds is 6. The van der Waals surface area contributed by atoms with Crippen molar-refractivity contribution in [3.8, 4) is 0 Å². The number of nitrogens with one attached hydrogen (secondary N) is 1. The number of halogens is 1. The average molecular weight is 425 g/mol. The molecule has 1 aliphatic heterocycles. The number of benzene rings is 1. The summed E-state index contributed by atoms with van der Waals surface area (Å²) in [4.78, 5) is 6.44. The molecule has 0 bridgehead atoms. The second kappa shape index (κ2) is 8.53. The van der Waals surface area contributed by atoms with Crippen molar-refractivity contribution in [2.24, 2.45) is 0 Å². The number of hydrogen-bond donors (Lipinski definition) is 1. The first kappa shape index (κ1) is 20.5. The summed E-state index contributed by atoms with van der Waals surface area (Å²) in [5, 5.41) is 3.88. The van der Waals surface area contributed by atoms with E-state index in [0.29, 0.717) is 17.4 Å². The highest BCUT2D eigenvalue weighted by atomic mass is 32.1. The van der Waals surface area contributed by atoms with Crippen LogP contribution in [0.15, 0.2) is 54.7 Å². The van der Waals surface area contributed by atoms with E-state index in [9.17, 15) is 4.39 Å². The van der Waals surface area contributed by atoms with E-state index >= 15 is 0 Å². The maximum Gasteiger partial charge on any atom is 0.174 e. The molecule has 0 unspecified atom stereocenters. The highest BCUT2D eigenvalue weighted by molar-refractivity contribution is 7.80. The number of hydrogen-bond acceptors (Lipinski definition) is 3. The average Bonchev–Trinajstić information content (AvgIpc) is 3.23. The molecular weight excluding hydrogens is 399 g/mol. The van der Waals surface area contributed by atoms with Crippen molar-refractivity contribution in [1.82, 2.24) is 14.9 Å². The quantitative estimate of drug-likeness (QED) is 0.592. The Morgan fingerprint density at radius 3 is 2.63 bits per heavy atom. The minimum absolute atomic E-state index is 0.199. The topological polar surface area (TPSA) is 42.3 Å². The van der Waals surface area contributed by atoms with Crippen molar-refractivity contribution in [3.05, 3.63) is 83.2 Å². The molecular formula is C23H25FN4OS. The maximum atomic E-state index is 14.8. The lowest BCUT2D eigenvalue weighted by Gasteiger charge is -2.28. The summed E-state index contributed by atoms with van der Waals surface area (Å²) in [6.07, 6.45) is 1.77. The Balaban J connectivity index is 1.86. The van der Waals surface area contributed by atoms with Crippen molar-refractivity contribution < 1.29 is 9.13 Å². The van der Waals surface area contributed by atoms with E-state index in [-0.39, 0.29) is 17.9 Å². The lowest BCUT2D eigenvalue weighted by atomic mass is 9.96. The summed E-state index contributed by atoms with van der Waals surface area (Å²) in [7, 11) is 1.70. The molecule has 1 N–H and O–H groups in total. The van der Waals surface area contributed by atoms with E-state index in [2.05, 4.69) is 34.8 Å². The van der Waals surface area contributed by atoms with Gasteiger partial charge in [-0.3, -0.25) is 4.98 Å². The van der Waals surface area contributed by atoms with Crippen molar-refractivity contribution in [3.63, 3.8) is 0 Å². The van der Waals surface area contributed by atoms with E-state index in [1.807, 2.05) is 29.2 Å². The number of nitrogens with zero attached hydrogens (tertiary/aromatic N) is 3. The van der Waals surface area contributed by atoms with Crippen LogP contribution in [0, 0.1) is 19.7 Å². The van der Waals surface area contributed by atoms with Gasteiger partial charge in [-0.05, 0) is 62.0 Å². The highest BCUT2D eigenvalue weighted by Gasteiger charge is 2.42. The normalized spacial score (nSPS) is 18.7.